The molecule has 0 aliphatic heterocycles. The molecule has 0 atom stereocenters. The zero-order chi connectivity index (χ0) is 14.5. The summed E-state index contributed by atoms with van der Waals surface area (Å²) in [7, 11) is 0. The fourth-order valence-electron chi connectivity index (χ4n) is 2.16. The van der Waals surface area contributed by atoms with Gasteiger partial charge in [0.2, 0.25) is 5.43 Å². The quantitative estimate of drug-likeness (QED) is 0.841. The second kappa shape index (κ2) is 6.44. The van der Waals surface area contributed by atoms with Crippen molar-refractivity contribution >= 4 is 0 Å². The van der Waals surface area contributed by atoms with Crippen LogP contribution in [0.5, 0.6) is 11.5 Å². The third-order valence-electron chi connectivity index (χ3n) is 3.62. The Hall–Kier alpha value is -2.29. The van der Waals surface area contributed by atoms with Gasteiger partial charge in [-0.15, -0.1) is 0 Å². The van der Waals surface area contributed by atoms with E-state index in [1.165, 1.54) is 12.5 Å². The van der Waals surface area contributed by atoms with Gasteiger partial charge in [-0.1, -0.05) is 36.4 Å². The van der Waals surface area contributed by atoms with Crippen LogP contribution in [0.3, 0.4) is 0 Å². The average molecular weight is 282 g/mol. The van der Waals surface area contributed by atoms with Gasteiger partial charge in [0.05, 0.1) is 6.10 Å². The Morgan fingerprint density at radius 3 is 2.52 bits per heavy atom. The summed E-state index contributed by atoms with van der Waals surface area (Å²) in [6.07, 6.45) is 3.67. The van der Waals surface area contributed by atoms with Crippen molar-refractivity contribution in [2.24, 2.45) is 0 Å². The fourth-order valence-corrected chi connectivity index (χ4v) is 2.16. The highest BCUT2D eigenvalue weighted by Crippen LogP contribution is 2.25. The maximum atomic E-state index is 12.0. The Labute approximate surface area is 124 Å². The van der Waals surface area contributed by atoms with E-state index in [0.29, 0.717) is 18.1 Å². The number of hydrogen-bond donors (Lipinski definition) is 0. The molecular formula is C18H18O3. The molecule has 0 spiro atoms. The summed E-state index contributed by atoms with van der Waals surface area (Å²) >= 11 is 0. The second-order valence-electron chi connectivity index (χ2n) is 5.25. The first-order valence-electron chi connectivity index (χ1n) is 7.29. The standard InChI is InChI=1S/C18H18O3/c19-17-11-5-10-16(21-15-8-4-9-15)12-18(17)20-13-14-6-2-1-3-7-14/h1-3,5-7,10-12,15H,4,8-9,13H2. The Morgan fingerprint density at radius 2 is 1.81 bits per heavy atom. The first-order chi connectivity index (χ1) is 10.3. The van der Waals surface area contributed by atoms with Crippen molar-refractivity contribution in [1.82, 2.24) is 0 Å². The predicted octanol–water partition coefficient (Wildman–Crippen LogP) is 3.56. The van der Waals surface area contributed by atoms with Crippen LogP contribution in [0.2, 0.25) is 0 Å². The summed E-state index contributed by atoms with van der Waals surface area (Å²) in [5.74, 6) is 1.03. The molecule has 0 bridgehead atoms. The Kier molecular flexibility index (Phi) is 4.20. The molecule has 3 rings (SSSR count). The van der Waals surface area contributed by atoms with Crippen LogP contribution in [-0.2, 0) is 6.61 Å². The molecule has 0 unspecified atom stereocenters. The molecule has 3 nitrogen and oxygen atoms in total. The summed E-state index contributed by atoms with van der Waals surface area (Å²) in [6, 6.07) is 16.5. The SMILES string of the molecule is O=c1cccc(OC2CCC2)cc1OCc1ccccc1. The molecule has 108 valence electrons. The fraction of sp³-hybridized carbons (Fsp3) is 0.278. The van der Waals surface area contributed by atoms with Gasteiger partial charge in [0.1, 0.15) is 12.4 Å². The van der Waals surface area contributed by atoms with Crippen molar-refractivity contribution in [3.8, 4) is 11.5 Å². The molecule has 3 heteroatoms. The number of benzene rings is 1. The minimum absolute atomic E-state index is 0.130. The van der Waals surface area contributed by atoms with Crippen LogP contribution >= 0.6 is 0 Å². The highest BCUT2D eigenvalue weighted by Gasteiger charge is 2.19. The molecule has 1 aliphatic rings. The van der Waals surface area contributed by atoms with E-state index in [9.17, 15) is 4.79 Å². The van der Waals surface area contributed by atoms with E-state index in [4.69, 9.17) is 9.47 Å². The molecule has 21 heavy (non-hydrogen) atoms. The van der Waals surface area contributed by atoms with Crippen LogP contribution in [0.1, 0.15) is 24.8 Å². The number of rotatable bonds is 5. The molecule has 0 radical (unpaired) electrons. The average Bonchev–Trinajstić information content (AvgIpc) is 2.64. The molecule has 2 aromatic rings. The van der Waals surface area contributed by atoms with Gasteiger partial charge < -0.3 is 9.47 Å². The van der Waals surface area contributed by atoms with Crippen LogP contribution < -0.4 is 14.9 Å². The maximum absolute atomic E-state index is 12.0. The summed E-state index contributed by atoms with van der Waals surface area (Å²) in [6.45, 7) is 0.378. The van der Waals surface area contributed by atoms with Crippen LogP contribution in [0, 0.1) is 0 Å². The zero-order valence-electron chi connectivity index (χ0n) is 11.8. The van der Waals surface area contributed by atoms with Crippen molar-refractivity contribution in [2.45, 2.75) is 32.0 Å². The van der Waals surface area contributed by atoms with E-state index in [1.807, 2.05) is 36.4 Å². The molecule has 1 fully saturated rings. The molecule has 1 saturated carbocycles. The van der Waals surface area contributed by atoms with Crippen LogP contribution in [-0.4, -0.2) is 6.10 Å². The first kappa shape index (κ1) is 13.7. The van der Waals surface area contributed by atoms with Crippen molar-refractivity contribution in [3.05, 3.63) is 70.4 Å². The minimum Gasteiger partial charge on any atom is -0.490 e. The second-order valence-corrected chi connectivity index (χ2v) is 5.25. The first-order valence-corrected chi connectivity index (χ1v) is 7.29. The van der Waals surface area contributed by atoms with Gasteiger partial charge in [0.15, 0.2) is 5.75 Å². The molecule has 0 amide bonds. The zero-order valence-corrected chi connectivity index (χ0v) is 11.8. The largest absolute Gasteiger partial charge is 0.490 e. The lowest BCUT2D eigenvalue weighted by molar-refractivity contribution is 0.120. The van der Waals surface area contributed by atoms with Crippen molar-refractivity contribution in [2.75, 3.05) is 0 Å². The molecular weight excluding hydrogens is 264 g/mol. The highest BCUT2D eigenvalue weighted by molar-refractivity contribution is 5.32. The van der Waals surface area contributed by atoms with Gasteiger partial charge in [0.25, 0.3) is 0 Å². The Balaban J connectivity index is 1.75. The van der Waals surface area contributed by atoms with Gasteiger partial charge in [-0.3, -0.25) is 4.79 Å². The van der Waals surface area contributed by atoms with E-state index in [-0.39, 0.29) is 11.5 Å². The lowest BCUT2D eigenvalue weighted by atomic mass is 9.96. The topological polar surface area (TPSA) is 35.5 Å². The maximum Gasteiger partial charge on any atom is 0.220 e. The van der Waals surface area contributed by atoms with Crippen molar-refractivity contribution in [3.63, 3.8) is 0 Å². The van der Waals surface area contributed by atoms with Gasteiger partial charge in [-0.05, 0) is 37.0 Å². The van der Waals surface area contributed by atoms with Crippen LogP contribution in [0.4, 0.5) is 0 Å². The third-order valence-corrected chi connectivity index (χ3v) is 3.62. The highest BCUT2D eigenvalue weighted by atomic mass is 16.5. The molecule has 0 N–H and O–H groups in total. The van der Waals surface area contributed by atoms with Gasteiger partial charge in [-0.25, -0.2) is 0 Å². The molecule has 1 aliphatic carbocycles. The monoisotopic (exact) mass is 282 g/mol. The number of hydrogen-bond acceptors (Lipinski definition) is 3. The van der Waals surface area contributed by atoms with Crippen LogP contribution in [0.25, 0.3) is 0 Å². The third kappa shape index (κ3) is 3.63. The van der Waals surface area contributed by atoms with E-state index in [1.54, 1.807) is 12.1 Å². The smallest absolute Gasteiger partial charge is 0.220 e. The predicted molar refractivity (Wildman–Crippen MR) is 81.8 cm³/mol. The number of ether oxygens (including phenoxy) is 2. The lowest BCUT2D eigenvalue weighted by Gasteiger charge is -2.26. The summed E-state index contributed by atoms with van der Waals surface area (Å²) in [5.41, 5.74) is 0.902. The van der Waals surface area contributed by atoms with Gasteiger partial charge in [0, 0.05) is 6.07 Å². The lowest BCUT2D eigenvalue weighted by Crippen LogP contribution is -2.24. The summed E-state index contributed by atoms with van der Waals surface area (Å²) in [5, 5.41) is 0. The normalized spacial score (nSPS) is 14.3. The Morgan fingerprint density at radius 1 is 1.00 bits per heavy atom. The van der Waals surface area contributed by atoms with E-state index in [2.05, 4.69) is 0 Å². The molecule has 0 aromatic heterocycles. The van der Waals surface area contributed by atoms with E-state index in [0.717, 1.165) is 18.4 Å². The van der Waals surface area contributed by atoms with Gasteiger partial charge >= 0.3 is 0 Å². The van der Waals surface area contributed by atoms with E-state index >= 15 is 0 Å². The Bertz CT molecular complexity index is 648. The van der Waals surface area contributed by atoms with E-state index < -0.39 is 0 Å². The molecule has 2 aromatic carbocycles. The molecule has 0 saturated heterocycles. The summed E-state index contributed by atoms with van der Waals surface area (Å²) in [4.78, 5) is 12.0. The van der Waals surface area contributed by atoms with Crippen LogP contribution in [0.15, 0.2) is 59.4 Å². The van der Waals surface area contributed by atoms with Gasteiger partial charge in [-0.2, -0.15) is 0 Å². The summed E-state index contributed by atoms with van der Waals surface area (Å²) < 4.78 is 11.5. The molecule has 0 heterocycles. The van der Waals surface area contributed by atoms with Crippen molar-refractivity contribution < 1.29 is 9.47 Å². The minimum atomic E-state index is -0.130. The van der Waals surface area contributed by atoms with Crippen molar-refractivity contribution in [1.29, 1.82) is 0 Å².